The molecule has 0 saturated carbocycles. The average Bonchev–Trinajstić information content (AvgIpc) is 3.44. The second kappa shape index (κ2) is 8.94. The molecule has 1 aliphatic rings. The fraction of sp³-hybridized carbons (Fsp3) is 0.286. The Morgan fingerprint density at radius 3 is 2.65 bits per heavy atom. The molecule has 0 spiro atoms. The molecule has 3 aromatic rings. The molecule has 31 heavy (non-hydrogen) atoms. The van der Waals surface area contributed by atoms with Crippen molar-refractivity contribution in [3.8, 4) is 16.3 Å². The average molecular weight is 446 g/mol. The van der Waals surface area contributed by atoms with Crippen LogP contribution in [0.4, 0.5) is 8.78 Å². The lowest BCUT2D eigenvalue weighted by molar-refractivity contribution is -0.135. The van der Waals surface area contributed by atoms with Crippen molar-refractivity contribution in [2.24, 2.45) is 0 Å². The van der Waals surface area contributed by atoms with Crippen molar-refractivity contribution in [1.82, 2.24) is 19.6 Å². The quantitative estimate of drug-likeness (QED) is 0.605. The molecule has 1 aromatic carbocycles. The number of amides is 2. The molecule has 0 N–H and O–H groups in total. The van der Waals surface area contributed by atoms with Crippen LogP contribution in [0.3, 0.4) is 0 Å². The van der Waals surface area contributed by atoms with Gasteiger partial charge in [0, 0.05) is 26.2 Å². The summed E-state index contributed by atoms with van der Waals surface area (Å²) in [7, 11) is 1.52. The molecule has 1 fully saturated rings. The summed E-state index contributed by atoms with van der Waals surface area (Å²) in [6.07, 6.45) is 0. The number of likely N-dealkylation sites (N-methyl/N-ethyl adjacent to an activating group) is 1. The summed E-state index contributed by atoms with van der Waals surface area (Å²) in [5.74, 6) is -2.15. The molecule has 0 aliphatic carbocycles. The number of hydrogen-bond donors (Lipinski definition) is 0. The highest BCUT2D eigenvalue weighted by Crippen LogP contribution is 2.29. The van der Waals surface area contributed by atoms with E-state index in [1.807, 2.05) is 17.5 Å². The number of morpholine rings is 1. The zero-order chi connectivity index (χ0) is 22.0. The summed E-state index contributed by atoms with van der Waals surface area (Å²) in [6, 6.07) is 8.37. The number of thiophene rings is 1. The third-order valence-electron chi connectivity index (χ3n) is 4.92. The summed E-state index contributed by atoms with van der Waals surface area (Å²) >= 11 is 1.40. The van der Waals surface area contributed by atoms with E-state index in [0.717, 1.165) is 17.0 Å². The van der Waals surface area contributed by atoms with Gasteiger partial charge in [-0.1, -0.05) is 6.07 Å². The maximum atomic E-state index is 14.5. The first-order valence-electron chi connectivity index (χ1n) is 9.64. The van der Waals surface area contributed by atoms with Gasteiger partial charge in [0.2, 0.25) is 5.91 Å². The molecule has 162 valence electrons. The van der Waals surface area contributed by atoms with Crippen LogP contribution < -0.4 is 0 Å². The van der Waals surface area contributed by atoms with Crippen LogP contribution in [0.1, 0.15) is 10.5 Å². The topological polar surface area (TPSA) is 67.7 Å². The van der Waals surface area contributed by atoms with Gasteiger partial charge in [-0.25, -0.2) is 13.5 Å². The number of benzene rings is 1. The molecule has 4 rings (SSSR count). The number of nitrogens with zero attached hydrogens (tertiary/aromatic N) is 4. The van der Waals surface area contributed by atoms with Gasteiger partial charge in [-0.15, -0.1) is 11.3 Å². The van der Waals surface area contributed by atoms with Crippen LogP contribution in [0, 0.1) is 11.6 Å². The van der Waals surface area contributed by atoms with E-state index in [4.69, 9.17) is 4.74 Å². The molecule has 7 nitrogen and oxygen atoms in total. The molecule has 0 atom stereocenters. The van der Waals surface area contributed by atoms with Gasteiger partial charge in [0.25, 0.3) is 5.91 Å². The summed E-state index contributed by atoms with van der Waals surface area (Å²) in [5.41, 5.74) is 0.581. The Kier molecular flexibility index (Phi) is 6.10. The molecule has 1 saturated heterocycles. The zero-order valence-corrected chi connectivity index (χ0v) is 17.6. The predicted molar refractivity (Wildman–Crippen MR) is 111 cm³/mol. The minimum absolute atomic E-state index is 0.0240. The third kappa shape index (κ3) is 4.49. The lowest BCUT2D eigenvalue weighted by atomic mass is 10.2. The van der Waals surface area contributed by atoms with E-state index in [1.54, 1.807) is 11.0 Å². The highest BCUT2D eigenvalue weighted by molar-refractivity contribution is 7.13. The van der Waals surface area contributed by atoms with Gasteiger partial charge in [0.05, 0.1) is 30.3 Å². The smallest absolute Gasteiger partial charge is 0.274 e. The molecule has 10 heteroatoms. The van der Waals surface area contributed by atoms with Crippen LogP contribution in [0.2, 0.25) is 0 Å². The molecular formula is C21H20F2N4O3S. The number of halogens is 2. The first-order valence-corrected chi connectivity index (χ1v) is 10.5. The number of carbonyl (C=O) groups excluding carboxylic acids is 2. The lowest BCUT2D eigenvalue weighted by Gasteiger charge is -2.28. The molecule has 1 aliphatic heterocycles. The van der Waals surface area contributed by atoms with Crippen LogP contribution in [0.5, 0.6) is 0 Å². The van der Waals surface area contributed by atoms with Crippen LogP contribution in [-0.4, -0.2) is 71.3 Å². The van der Waals surface area contributed by atoms with E-state index in [0.29, 0.717) is 32.0 Å². The van der Waals surface area contributed by atoms with Crippen molar-refractivity contribution in [1.29, 1.82) is 0 Å². The van der Waals surface area contributed by atoms with E-state index in [1.165, 1.54) is 34.0 Å². The normalized spacial score (nSPS) is 14.0. The molecular weight excluding hydrogens is 426 g/mol. The van der Waals surface area contributed by atoms with E-state index < -0.39 is 17.5 Å². The van der Waals surface area contributed by atoms with Crippen LogP contribution in [0.15, 0.2) is 41.8 Å². The summed E-state index contributed by atoms with van der Waals surface area (Å²) < 4.78 is 34.4. The number of rotatable bonds is 5. The Bertz CT molecular complexity index is 1090. The van der Waals surface area contributed by atoms with Crippen molar-refractivity contribution in [2.75, 3.05) is 39.9 Å². The minimum Gasteiger partial charge on any atom is -0.378 e. The van der Waals surface area contributed by atoms with Crippen molar-refractivity contribution in [3.63, 3.8) is 0 Å². The molecule has 0 bridgehead atoms. The Balaban J connectivity index is 1.62. The van der Waals surface area contributed by atoms with Crippen LogP contribution in [-0.2, 0) is 9.53 Å². The van der Waals surface area contributed by atoms with Gasteiger partial charge in [-0.3, -0.25) is 9.59 Å². The SMILES string of the molecule is CN(CC(=O)N1CCOCC1)C(=O)c1cc(-c2cccs2)n(-c2ccc(F)cc2F)n1. The highest BCUT2D eigenvalue weighted by atomic mass is 32.1. The largest absolute Gasteiger partial charge is 0.378 e. The Morgan fingerprint density at radius 1 is 1.19 bits per heavy atom. The number of hydrogen-bond acceptors (Lipinski definition) is 5. The van der Waals surface area contributed by atoms with Crippen molar-refractivity contribution in [3.05, 3.63) is 59.1 Å². The van der Waals surface area contributed by atoms with Crippen LogP contribution >= 0.6 is 11.3 Å². The Labute approximate surface area is 181 Å². The van der Waals surface area contributed by atoms with Gasteiger partial charge in [0.1, 0.15) is 11.5 Å². The number of aromatic nitrogens is 2. The molecule has 3 heterocycles. The Morgan fingerprint density at radius 2 is 1.97 bits per heavy atom. The van der Waals surface area contributed by atoms with E-state index in [9.17, 15) is 18.4 Å². The van der Waals surface area contributed by atoms with Gasteiger partial charge in [0.15, 0.2) is 11.5 Å². The second-order valence-electron chi connectivity index (χ2n) is 7.05. The van der Waals surface area contributed by atoms with E-state index in [2.05, 4.69) is 5.10 Å². The standard InChI is InChI=1S/C21H20F2N4O3S/c1-25(13-20(28)26-6-8-30-9-7-26)21(29)16-12-18(19-3-2-10-31-19)27(24-16)17-5-4-14(22)11-15(17)23/h2-5,10-12H,6-9,13H2,1H3. The van der Waals surface area contributed by atoms with Gasteiger partial charge < -0.3 is 14.5 Å². The van der Waals surface area contributed by atoms with Crippen LogP contribution in [0.25, 0.3) is 16.3 Å². The number of ether oxygens (including phenoxy) is 1. The summed E-state index contributed by atoms with van der Waals surface area (Å²) in [5, 5.41) is 6.14. The van der Waals surface area contributed by atoms with Gasteiger partial charge in [-0.05, 0) is 29.6 Å². The molecule has 0 radical (unpaired) electrons. The Hall–Kier alpha value is -3.11. The molecule has 0 unspecified atom stereocenters. The highest BCUT2D eigenvalue weighted by Gasteiger charge is 2.25. The summed E-state index contributed by atoms with van der Waals surface area (Å²) in [6.45, 7) is 1.82. The third-order valence-corrected chi connectivity index (χ3v) is 5.82. The zero-order valence-electron chi connectivity index (χ0n) is 16.8. The first kappa shape index (κ1) is 21.1. The van der Waals surface area contributed by atoms with Gasteiger partial charge in [-0.2, -0.15) is 5.10 Å². The molecule has 2 aromatic heterocycles. The van der Waals surface area contributed by atoms with E-state index in [-0.39, 0.29) is 23.8 Å². The fourth-order valence-corrected chi connectivity index (χ4v) is 4.03. The van der Waals surface area contributed by atoms with E-state index >= 15 is 0 Å². The maximum Gasteiger partial charge on any atom is 0.274 e. The van der Waals surface area contributed by atoms with Gasteiger partial charge >= 0.3 is 0 Å². The lowest BCUT2D eigenvalue weighted by Crippen LogP contribution is -2.46. The first-order chi connectivity index (χ1) is 14.9. The monoisotopic (exact) mass is 446 g/mol. The van der Waals surface area contributed by atoms with Crippen molar-refractivity contribution >= 4 is 23.2 Å². The molecule has 2 amide bonds. The predicted octanol–water partition coefficient (Wildman–Crippen LogP) is 2.81. The summed E-state index contributed by atoms with van der Waals surface area (Å²) in [4.78, 5) is 29.1. The van der Waals surface area contributed by atoms with Crippen molar-refractivity contribution < 1.29 is 23.1 Å². The number of carbonyl (C=O) groups is 2. The fourth-order valence-electron chi connectivity index (χ4n) is 3.31. The second-order valence-corrected chi connectivity index (χ2v) is 8.00. The minimum atomic E-state index is -0.796. The maximum absolute atomic E-state index is 14.5. The van der Waals surface area contributed by atoms with Crippen molar-refractivity contribution in [2.45, 2.75) is 0 Å².